The maximum atomic E-state index is 12.3. The molecule has 3 rings (SSSR count). The van der Waals surface area contributed by atoms with Gasteiger partial charge in [0.15, 0.2) is 5.76 Å². The molecule has 2 heterocycles. The maximum absolute atomic E-state index is 12.3. The molecule has 2 amide bonds. The first kappa shape index (κ1) is 16.8. The quantitative estimate of drug-likeness (QED) is 0.806. The summed E-state index contributed by atoms with van der Waals surface area (Å²) in [4.78, 5) is 25.3. The van der Waals surface area contributed by atoms with Gasteiger partial charge in [0.2, 0.25) is 5.91 Å². The van der Waals surface area contributed by atoms with Gasteiger partial charge in [0.1, 0.15) is 0 Å². The second-order valence-corrected chi connectivity index (χ2v) is 7.07. The van der Waals surface area contributed by atoms with E-state index in [0.29, 0.717) is 12.5 Å². The lowest BCUT2D eigenvalue weighted by Gasteiger charge is -2.23. The number of carbonyl (C=O) groups excluding carboxylic acids is 2. The Bertz CT molecular complexity index is 646. The molecule has 0 saturated heterocycles. The molecule has 24 heavy (non-hydrogen) atoms. The largest absolute Gasteiger partial charge is 0.459 e. The van der Waals surface area contributed by atoms with E-state index in [9.17, 15) is 9.59 Å². The Morgan fingerprint density at radius 3 is 2.75 bits per heavy atom. The van der Waals surface area contributed by atoms with Crippen LogP contribution in [0.25, 0.3) is 0 Å². The van der Waals surface area contributed by atoms with Gasteiger partial charge in [-0.3, -0.25) is 9.59 Å². The zero-order chi connectivity index (χ0) is 16.8. The lowest BCUT2D eigenvalue weighted by molar-refractivity contribution is -0.122. The SMILES string of the molecule is O=C(CCNC(=O)c1ccco1)N[C@@H](c1cccs1)C1CCCC1. The van der Waals surface area contributed by atoms with Crippen LogP contribution in [0.2, 0.25) is 0 Å². The molecule has 1 aliphatic rings. The zero-order valence-electron chi connectivity index (χ0n) is 13.5. The molecule has 0 unspecified atom stereocenters. The van der Waals surface area contributed by atoms with Crippen LogP contribution >= 0.6 is 11.3 Å². The summed E-state index contributed by atoms with van der Waals surface area (Å²) in [6, 6.07) is 7.47. The highest BCUT2D eigenvalue weighted by Gasteiger charge is 2.28. The van der Waals surface area contributed by atoms with Gasteiger partial charge in [-0.05, 0) is 42.3 Å². The smallest absolute Gasteiger partial charge is 0.286 e. The van der Waals surface area contributed by atoms with Gasteiger partial charge < -0.3 is 15.1 Å². The third-order valence-electron chi connectivity index (χ3n) is 4.42. The molecule has 0 bridgehead atoms. The normalized spacial score (nSPS) is 16.0. The molecule has 0 spiro atoms. The number of nitrogens with one attached hydrogen (secondary N) is 2. The molecule has 128 valence electrons. The molecule has 2 aromatic heterocycles. The summed E-state index contributed by atoms with van der Waals surface area (Å²) in [6.45, 7) is 0.299. The van der Waals surface area contributed by atoms with Crippen LogP contribution in [0.4, 0.5) is 0 Å². The summed E-state index contributed by atoms with van der Waals surface area (Å²) in [7, 11) is 0. The molecular weight excluding hydrogens is 324 g/mol. The minimum atomic E-state index is -0.293. The minimum Gasteiger partial charge on any atom is -0.459 e. The fraction of sp³-hybridized carbons (Fsp3) is 0.444. The topological polar surface area (TPSA) is 71.3 Å². The van der Waals surface area contributed by atoms with Crippen LogP contribution in [0.5, 0.6) is 0 Å². The fourth-order valence-corrected chi connectivity index (χ4v) is 4.08. The van der Waals surface area contributed by atoms with Gasteiger partial charge in [0.05, 0.1) is 12.3 Å². The number of carbonyl (C=O) groups is 2. The van der Waals surface area contributed by atoms with Gasteiger partial charge in [0, 0.05) is 17.8 Å². The predicted molar refractivity (Wildman–Crippen MR) is 92.8 cm³/mol. The molecule has 1 saturated carbocycles. The molecule has 1 fully saturated rings. The van der Waals surface area contributed by atoms with Gasteiger partial charge >= 0.3 is 0 Å². The predicted octanol–water partition coefficient (Wildman–Crippen LogP) is 3.51. The lowest BCUT2D eigenvalue weighted by Crippen LogP contribution is -2.35. The third-order valence-corrected chi connectivity index (χ3v) is 5.38. The highest BCUT2D eigenvalue weighted by Crippen LogP contribution is 2.37. The van der Waals surface area contributed by atoms with E-state index >= 15 is 0 Å². The number of furan rings is 1. The third kappa shape index (κ3) is 4.26. The van der Waals surface area contributed by atoms with E-state index in [4.69, 9.17) is 4.42 Å². The van der Waals surface area contributed by atoms with Gasteiger partial charge in [-0.1, -0.05) is 18.9 Å². The average Bonchev–Trinajstić information content (AvgIpc) is 3.36. The van der Waals surface area contributed by atoms with Crippen molar-refractivity contribution in [3.8, 4) is 0 Å². The summed E-state index contributed by atoms with van der Waals surface area (Å²) in [5.74, 6) is 0.460. The van der Waals surface area contributed by atoms with Crippen LogP contribution in [0.1, 0.15) is 53.6 Å². The highest BCUT2D eigenvalue weighted by molar-refractivity contribution is 7.10. The van der Waals surface area contributed by atoms with Crippen molar-refractivity contribution in [1.29, 1.82) is 0 Å². The van der Waals surface area contributed by atoms with Gasteiger partial charge in [-0.15, -0.1) is 11.3 Å². The van der Waals surface area contributed by atoms with Crippen LogP contribution in [0, 0.1) is 5.92 Å². The summed E-state index contributed by atoms with van der Waals surface area (Å²) in [5, 5.41) is 7.92. The summed E-state index contributed by atoms with van der Waals surface area (Å²) < 4.78 is 5.02. The van der Waals surface area contributed by atoms with Crippen LogP contribution in [-0.2, 0) is 4.79 Å². The highest BCUT2D eigenvalue weighted by atomic mass is 32.1. The van der Waals surface area contributed by atoms with E-state index in [1.807, 2.05) is 11.4 Å². The second-order valence-electron chi connectivity index (χ2n) is 6.09. The van der Waals surface area contributed by atoms with E-state index in [0.717, 1.165) is 12.8 Å². The molecule has 0 radical (unpaired) electrons. The van der Waals surface area contributed by atoms with Crippen molar-refractivity contribution in [2.75, 3.05) is 6.54 Å². The first-order valence-corrected chi connectivity index (χ1v) is 9.26. The van der Waals surface area contributed by atoms with E-state index in [1.165, 1.54) is 24.0 Å². The van der Waals surface area contributed by atoms with Crippen molar-refractivity contribution in [3.63, 3.8) is 0 Å². The van der Waals surface area contributed by atoms with Gasteiger partial charge in [-0.25, -0.2) is 0 Å². The monoisotopic (exact) mass is 346 g/mol. The Morgan fingerprint density at radius 2 is 2.08 bits per heavy atom. The molecule has 2 N–H and O–H groups in total. The molecule has 0 aliphatic heterocycles. The van der Waals surface area contributed by atoms with Crippen molar-refractivity contribution >= 4 is 23.2 Å². The Labute approximate surface area is 145 Å². The van der Waals surface area contributed by atoms with Crippen molar-refractivity contribution in [2.24, 2.45) is 5.92 Å². The zero-order valence-corrected chi connectivity index (χ0v) is 14.3. The van der Waals surface area contributed by atoms with Crippen LogP contribution in [0.3, 0.4) is 0 Å². The molecule has 1 aliphatic carbocycles. The second kappa shape index (κ2) is 8.15. The van der Waals surface area contributed by atoms with Crippen molar-refractivity contribution in [2.45, 2.75) is 38.1 Å². The standard InChI is InChI=1S/C18H22N2O3S/c21-16(9-10-19-18(22)14-7-3-11-23-14)20-17(13-5-1-2-6-13)15-8-4-12-24-15/h3-4,7-8,11-13,17H,1-2,5-6,9-10H2,(H,19,22)(H,20,21)/t17-/m1/s1. The Balaban J connectivity index is 1.49. The summed E-state index contributed by atoms with van der Waals surface area (Å²) in [5.41, 5.74) is 0. The van der Waals surface area contributed by atoms with Gasteiger partial charge in [0.25, 0.3) is 5.91 Å². The van der Waals surface area contributed by atoms with Crippen molar-refractivity contribution < 1.29 is 14.0 Å². The average molecular weight is 346 g/mol. The van der Waals surface area contributed by atoms with Crippen molar-refractivity contribution in [1.82, 2.24) is 10.6 Å². The Morgan fingerprint density at radius 1 is 1.25 bits per heavy atom. The van der Waals surface area contributed by atoms with E-state index in [-0.39, 0.29) is 30.0 Å². The number of hydrogen-bond acceptors (Lipinski definition) is 4. The van der Waals surface area contributed by atoms with E-state index in [1.54, 1.807) is 23.5 Å². The van der Waals surface area contributed by atoms with Gasteiger partial charge in [-0.2, -0.15) is 0 Å². The molecule has 6 heteroatoms. The molecular formula is C18H22N2O3S. The molecule has 2 aromatic rings. The molecule has 0 aromatic carbocycles. The number of hydrogen-bond donors (Lipinski definition) is 2. The molecule has 1 atom stereocenters. The number of rotatable bonds is 7. The number of amides is 2. The molecule has 5 nitrogen and oxygen atoms in total. The Kier molecular flexibility index (Phi) is 5.69. The first-order valence-electron chi connectivity index (χ1n) is 8.38. The first-order chi connectivity index (χ1) is 11.7. The maximum Gasteiger partial charge on any atom is 0.286 e. The number of thiophene rings is 1. The summed E-state index contributed by atoms with van der Waals surface area (Å²) >= 11 is 1.69. The Hall–Kier alpha value is -2.08. The lowest BCUT2D eigenvalue weighted by atomic mass is 9.96. The summed E-state index contributed by atoms with van der Waals surface area (Å²) in [6.07, 6.45) is 6.52. The van der Waals surface area contributed by atoms with Crippen LogP contribution < -0.4 is 10.6 Å². The minimum absolute atomic E-state index is 0.0277. The van der Waals surface area contributed by atoms with Crippen LogP contribution in [-0.4, -0.2) is 18.4 Å². The van der Waals surface area contributed by atoms with Crippen LogP contribution in [0.15, 0.2) is 40.3 Å². The van der Waals surface area contributed by atoms with Crippen molar-refractivity contribution in [3.05, 3.63) is 46.5 Å². The fourth-order valence-electron chi connectivity index (χ4n) is 3.21. The van der Waals surface area contributed by atoms with E-state index in [2.05, 4.69) is 16.7 Å². The van der Waals surface area contributed by atoms with E-state index < -0.39 is 0 Å².